The van der Waals surface area contributed by atoms with E-state index in [1.165, 1.54) is 16.7 Å². The first-order valence-electron chi connectivity index (χ1n) is 5.76. The summed E-state index contributed by atoms with van der Waals surface area (Å²) in [6.45, 7) is 1.94. The van der Waals surface area contributed by atoms with E-state index in [4.69, 9.17) is 5.73 Å². The lowest BCUT2D eigenvalue weighted by Crippen LogP contribution is -2.03. The van der Waals surface area contributed by atoms with E-state index in [0.29, 0.717) is 11.0 Å². The van der Waals surface area contributed by atoms with Crippen LogP contribution in [0.4, 0.5) is 14.7 Å². The van der Waals surface area contributed by atoms with Crippen molar-refractivity contribution in [1.29, 1.82) is 0 Å². The van der Waals surface area contributed by atoms with Gasteiger partial charge < -0.3 is 5.73 Å². The Morgan fingerprint density at radius 2 is 1.89 bits per heavy atom. The highest BCUT2D eigenvalue weighted by Crippen LogP contribution is 2.25. The molecule has 0 spiro atoms. The Kier molecular flexibility index (Phi) is 2.48. The molecule has 0 unspecified atom stereocenters. The summed E-state index contributed by atoms with van der Waals surface area (Å²) >= 11 is 0. The minimum absolute atomic E-state index is 0.172. The van der Waals surface area contributed by atoms with Gasteiger partial charge >= 0.3 is 0 Å². The van der Waals surface area contributed by atoms with E-state index in [2.05, 4.69) is 4.98 Å². The molecular formula is C14H11F2N3. The Bertz CT molecular complexity index is 778. The zero-order valence-electron chi connectivity index (χ0n) is 10.2. The summed E-state index contributed by atoms with van der Waals surface area (Å²) < 4.78 is 28.3. The summed E-state index contributed by atoms with van der Waals surface area (Å²) in [6.07, 6.45) is 0. The van der Waals surface area contributed by atoms with Crippen LogP contribution in [0.15, 0.2) is 36.4 Å². The van der Waals surface area contributed by atoms with Gasteiger partial charge in [-0.3, -0.25) is 4.57 Å². The molecule has 0 radical (unpaired) electrons. The van der Waals surface area contributed by atoms with Gasteiger partial charge in [0.2, 0.25) is 5.95 Å². The number of imidazole rings is 1. The van der Waals surface area contributed by atoms with Gasteiger partial charge in [-0.25, -0.2) is 13.8 Å². The second-order valence-electron chi connectivity index (χ2n) is 4.39. The molecule has 2 aromatic carbocycles. The molecule has 3 aromatic rings. The SMILES string of the molecule is Cc1ccc2c(c1)nc(N)n2-c1ccc(F)cc1F. The van der Waals surface area contributed by atoms with Crippen molar-refractivity contribution in [3.63, 3.8) is 0 Å². The first kappa shape index (κ1) is 11.6. The van der Waals surface area contributed by atoms with Crippen molar-refractivity contribution in [2.45, 2.75) is 6.92 Å². The Balaban J connectivity index is 2.33. The lowest BCUT2D eigenvalue weighted by Gasteiger charge is -2.07. The van der Waals surface area contributed by atoms with Crippen LogP contribution in [-0.2, 0) is 0 Å². The highest BCUT2D eigenvalue weighted by Gasteiger charge is 2.13. The number of nitrogen functional groups attached to an aromatic ring is 1. The van der Waals surface area contributed by atoms with Gasteiger partial charge in [0, 0.05) is 6.07 Å². The molecule has 3 nitrogen and oxygen atoms in total. The van der Waals surface area contributed by atoms with Crippen LogP contribution in [0, 0.1) is 18.6 Å². The average Bonchev–Trinajstić information content (AvgIpc) is 2.65. The van der Waals surface area contributed by atoms with E-state index in [1.807, 2.05) is 25.1 Å². The van der Waals surface area contributed by atoms with Crippen LogP contribution in [0.25, 0.3) is 16.7 Å². The maximum Gasteiger partial charge on any atom is 0.206 e. The number of hydrogen-bond acceptors (Lipinski definition) is 2. The summed E-state index contributed by atoms with van der Waals surface area (Å²) in [5, 5.41) is 0. The number of aromatic nitrogens is 2. The van der Waals surface area contributed by atoms with Crippen LogP contribution in [0.5, 0.6) is 0 Å². The highest BCUT2D eigenvalue weighted by atomic mass is 19.1. The summed E-state index contributed by atoms with van der Waals surface area (Å²) in [5.41, 5.74) is 8.43. The van der Waals surface area contributed by atoms with Crippen molar-refractivity contribution in [2.75, 3.05) is 5.73 Å². The molecule has 0 bridgehead atoms. The second kappa shape index (κ2) is 4.05. The zero-order chi connectivity index (χ0) is 13.6. The maximum absolute atomic E-state index is 13.9. The number of nitrogens with two attached hydrogens (primary N) is 1. The summed E-state index contributed by atoms with van der Waals surface area (Å²) in [5.74, 6) is -1.13. The Labute approximate surface area is 108 Å². The van der Waals surface area contributed by atoms with Gasteiger partial charge in [-0.05, 0) is 36.8 Å². The molecule has 1 heterocycles. The molecule has 0 aliphatic carbocycles. The van der Waals surface area contributed by atoms with E-state index in [0.717, 1.165) is 11.6 Å². The van der Waals surface area contributed by atoms with Gasteiger partial charge in [0.1, 0.15) is 11.6 Å². The average molecular weight is 259 g/mol. The van der Waals surface area contributed by atoms with E-state index in [9.17, 15) is 8.78 Å². The molecule has 0 aliphatic rings. The molecule has 19 heavy (non-hydrogen) atoms. The van der Waals surface area contributed by atoms with Crippen molar-refractivity contribution < 1.29 is 8.78 Å². The van der Waals surface area contributed by atoms with Crippen LogP contribution in [0.1, 0.15) is 5.56 Å². The fourth-order valence-electron chi connectivity index (χ4n) is 2.12. The standard InChI is InChI=1S/C14H11F2N3/c1-8-2-4-13-11(6-8)18-14(17)19(13)12-5-3-9(15)7-10(12)16/h2-7H,1H3,(H2,17,18). The van der Waals surface area contributed by atoms with Gasteiger partial charge in [-0.2, -0.15) is 0 Å². The minimum Gasteiger partial charge on any atom is -0.369 e. The number of hydrogen-bond donors (Lipinski definition) is 1. The molecule has 0 saturated heterocycles. The van der Waals surface area contributed by atoms with Gasteiger partial charge in [0.05, 0.1) is 16.7 Å². The maximum atomic E-state index is 13.9. The fraction of sp³-hybridized carbons (Fsp3) is 0.0714. The zero-order valence-corrected chi connectivity index (χ0v) is 10.2. The van der Waals surface area contributed by atoms with Crippen molar-refractivity contribution in [3.05, 3.63) is 53.6 Å². The first-order valence-corrected chi connectivity index (χ1v) is 5.76. The Morgan fingerprint density at radius 1 is 1.11 bits per heavy atom. The molecule has 0 aliphatic heterocycles. The fourth-order valence-corrected chi connectivity index (χ4v) is 2.12. The summed E-state index contributed by atoms with van der Waals surface area (Å²) in [6, 6.07) is 8.94. The number of anilines is 1. The molecule has 0 saturated carbocycles. The number of rotatable bonds is 1. The third kappa shape index (κ3) is 1.83. The smallest absolute Gasteiger partial charge is 0.206 e. The summed E-state index contributed by atoms with van der Waals surface area (Å²) in [4.78, 5) is 4.19. The molecule has 96 valence electrons. The Hall–Kier alpha value is -2.43. The van der Waals surface area contributed by atoms with Crippen LogP contribution in [-0.4, -0.2) is 9.55 Å². The van der Waals surface area contributed by atoms with Crippen LogP contribution in [0.3, 0.4) is 0 Å². The lowest BCUT2D eigenvalue weighted by atomic mass is 10.2. The largest absolute Gasteiger partial charge is 0.369 e. The van der Waals surface area contributed by atoms with E-state index in [1.54, 1.807) is 0 Å². The van der Waals surface area contributed by atoms with Crippen molar-refractivity contribution in [1.82, 2.24) is 9.55 Å². The van der Waals surface area contributed by atoms with Gasteiger partial charge in [-0.15, -0.1) is 0 Å². The third-order valence-electron chi connectivity index (χ3n) is 2.99. The van der Waals surface area contributed by atoms with E-state index >= 15 is 0 Å². The first-order chi connectivity index (χ1) is 9.06. The minimum atomic E-state index is -0.674. The van der Waals surface area contributed by atoms with Crippen molar-refractivity contribution in [2.24, 2.45) is 0 Å². The quantitative estimate of drug-likeness (QED) is 0.729. The summed E-state index contributed by atoms with van der Waals surface area (Å²) in [7, 11) is 0. The molecule has 0 fully saturated rings. The monoisotopic (exact) mass is 259 g/mol. The van der Waals surface area contributed by atoms with Crippen LogP contribution >= 0.6 is 0 Å². The number of aryl methyl sites for hydroxylation is 1. The van der Waals surface area contributed by atoms with Crippen molar-refractivity contribution in [3.8, 4) is 5.69 Å². The van der Waals surface area contributed by atoms with Crippen LogP contribution < -0.4 is 5.73 Å². The molecule has 3 rings (SSSR count). The number of halogens is 2. The second-order valence-corrected chi connectivity index (χ2v) is 4.39. The molecule has 5 heteroatoms. The predicted molar refractivity (Wildman–Crippen MR) is 70.1 cm³/mol. The van der Waals surface area contributed by atoms with Crippen LogP contribution in [0.2, 0.25) is 0 Å². The molecule has 2 N–H and O–H groups in total. The normalized spacial score (nSPS) is 11.1. The van der Waals surface area contributed by atoms with Gasteiger partial charge in [0.25, 0.3) is 0 Å². The number of fused-ring (bicyclic) bond motifs is 1. The lowest BCUT2D eigenvalue weighted by molar-refractivity contribution is 0.579. The Morgan fingerprint density at radius 3 is 2.63 bits per heavy atom. The number of benzene rings is 2. The van der Waals surface area contributed by atoms with Gasteiger partial charge in [-0.1, -0.05) is 6.07 Å². The van der Waals surface area contributed by atoms with Crippen molar-refractivity contribution >= 4 is 17.0 Å². The topological polar surface area (TPSA) is 43.8 Å². The number of nitrogens with zero attached hydrogens (tertiary/aromatic N) is 2. The predicted octanol–water partition coefficient (Wildman–Crippen LogP) is 3.19. The third-order valence-corrected chi connectivity index (χ3v) is 2.99. The molecule has 0 atom stereocenters. The molecular weight excluding hydrogens is 248 g/mol. The molecule has 1 aromatic heterocycles. The molecule has 0 amide bonds. The van der Waals surface area contributed by atoms with E-state index in [-0.39, 0.29) is 11.6 Å². The van der Waals surface area contributed by atoms with Gasteiger partial charge in [0.15, 0.2) is 0 Å². The van der Waals surface area contributed by atoms with E-state index < -0.39 is 11.6 Å². The highest BCUT2D eigenvalue weighted by molar-refractivity contribution is 5.81.